The Kier molecular flexibility index (Phi) is 4.26. The van der Waals surface area contributed by atoms with Crippen molar-refractivity contribution in [2.24, 2.45) is 0 Å². The molecular weight excluding hydrogens is 400 g/mol. The third-order valence-corrected chi connectivity index (χ3v) is 4.61. The summed E-state index contributed by atoms with van der Waals surface area (Å²) in [5, 5.41) is 18.3. The van der Waals surface area contributed by atoms with Crippen LogP contribution in [0.2, 0.25) is 0 Å². The van der Waals surface area contributed by atoms with Gasteiger partial charge in [-0.25, -0.2) is 0 Å². The van der Waals surface area contributed by atoms with E-state index in [9.17, 15) is 4.79 Å². The van der Waals surface area contributed by atoms with E-state index < -0.39 is 5.97 Å². The first-order valence-corrected chi connectivity index (χ1v) is 8.65. The lowest BCUT2D eigenvalue weighted by atomic mass is 10.2. The second-order valence-electron chi connectivity index (χ2n) is 5.68. The van der Waals surface area contributed by atoms with Gasteiger partial charge in [0.05, 0.1) is 17.6 Å². The van der Waals surface area contributed by atoms with Crippen molar-refractivity contribution >= 4 is 32.8 Å². The highest BCUT2D eigenvalue weighted by Crippen LogP contribution is 2.26. The van der Waals surface area contributed by atoms with E-state index in [1.165, 1.54) is 0 Å². The second kappa shape index (κ2) is 6.72. The first-order chi connectivity index (χ1) is 12.6. The summed E-state index contributed by atoms with van der Waals surface area (Å²) in [6, 6.07) is 15.1. The van der Waals surface area contributed by atoms with E-state index in [0.29, 0.717) is 17.4 Å². The highest BCUT2D eigenvalue weighted by atomic mass is 79.9. The molecule has 0 aliphatic carbocycles. The van der Waals surface area contributed by atoms with E-state index in [4.69, 9.17) is 9.63 Å². The normalized spacial score (nSPS) is 11.1. The molecule has 0 bridgehead atoms. The van der Waals surface area contributed by atoms with Gasteiger partial charge in [-0.1, -0.05) is 51.4 Å². The van der Waals surface area contributed by atoms with Gasteiger partial charge in [0.25, 0.3) is 0 Å². The number of hydrogen-bond donors (Lipinski definition) is 1. The highest BCUT2D eigenvalue weighted by Gasteiger charge is 2.16. The number of carboxylic acids is 1. The zero-order valence-electron chi connectivity index (χ0n) is 13.5. The molecule has 0 amide bonds. The summed E-state index contributed by atoms with van der Waals surface area (Å²) in [5.41, 5.74) is 2.17. The van der Waals surface area contributed by atoms with Crippen LogP contribution in [0.1, 0.15) is 11.6 Å². The minimum atomic E-state index is -0.922. The Bertz CT molecular complexity index is 1100. The molecule has 2 aromatic heterocycles. The molecule has 4 aromatic rings. The number of carbonyl (C=O) groups is 1. The Morgan fingerprint density at radius 2 is 1.92 bits per heavy atom. The van der Waals surface area contributed by atoms with E-state index in [1.807, 2.05) is 48.5 Å². The SMILES string of the molecule is O=C(O)Cc1nn(Cc2nc(-c3ccccc3Br)no2)c2ccccc12. The minimum absolute atomic E-state index is 0.139. The van der Waals surface area contributed by atoms with Crippen LogP contribution < -0.4 is 0 Å². The Morgan fingerprint density at radius 3 is 2.73 bits per heavy atom. The number of hydrogen-bond acceptors (Lipinski definition) is 5. The molecule has 8 heteroatoms. The van der Waals surface area contributed by atoms with Crippen molar-refractivity contribution in [1.82, 2.24) is 19.9 Å². The van der Waals surface area contributed by atoms with Crippen molar-refractivity contribution in [2.75, 3.05) is 0 Å². The van der Waals surface area contributed by atoms with Gasteiger partial charge in [0.1, 0.15) is 6.54 Å². The topological polar surface area (TPSA) is 94.0 Å². The third kappa shape index (κ3) is 3.11. The largest absolute Gasteiger partial charge is 0.481 e. The first-order valence-electron chi connectivity index (χ1n) is 7.85. The number of halogens is 1. The van der Waals surface area contributed by atoms with E-state index in [0.717, 1.165) is 20.9 Å². The maximum absolute atomic E-state index is 11.1. The summed E-state index contributed by atoms with van der Waals surface area (Å²) in [6.07, 6.45) is -0.139. The molecular formula is C18H13BrN4O3. The number of aromatic nitrogens is 4. The third-order valence-electron chi connectivity index (χ3n) is 3.92. The number of rotatable bonds is 5. The number of fused-ring (bicyclic) bond motifs is 1. The number of para-hydroxylation sites is 1. The average Bonchev–Trinajstić information content (AvgIpc) is 3.21. The summed E-state index contributed by atoms with van der Waals surface area (Å²) in [6.45, 7) is 0.261. The molecule has 2 aromatic carbocycles. The molecule has 0 radical (unpaired) electrons. The number of aliphatic carboxylic acids is 1. The molecule has 2 heterocycles. The number of nitrogens with zero attached hydrogens (tertiary/aromatic N) is 4. The molecule has 0 aliphatic rings. The monoisotopic (exact) mass is 412 g/mol. The van der Waals surface area contributed by atoms with Gasteiger partial charge in [-0.05, 0) is 18.2 Å². The van der Waals surface area contributed by atoms with Crippen molar-refractivity contribution in [3.8, 4) is 11.4 Å². The summed E-state index contributed by atoms with van der Waals surface area (Å²) < 4.78 is 7.92. The van der Waals surface area contributed by atoms with Gasteiger partial charge in [0.15, 0.2) is 0 Å². The summed E-state index contributed by atoms with van der Waals surface area (Å²) in [5.74, 6) is -0.0463. The molecule has 130 valence electrons. The van der Waals surface area contributed by atoms with Crippen LogP contribution in [0.4, 0.5) is 0 Å². The van der Waals surface area contributed by atoms with E-state index >= 15 is 0 Å². The van der Waals surface area contributed by atoms with Crippen LogP contribution >= 0.6 is 15.9 Å². The lowest BCUT2D eigenvalue weighted by Gasteiger charge is -1.98. The van der Waals surface area contributed by atoms with Crippen LogP contribution in [0.25, 0.3) is 22.3 Å². The van der Waals surface area contributed by atoms with Gasteiger partial charge in [0.2, 0.25) is 11.7 Å². The lowest BCUT2D eigenvalue weighted by molar-refractivity contribution is -0.136. The van der Waals surface area contributed by atoms with E-state index in [1.54, 1.807) is 4.68 Å². The van der Waals surface area contributed by atoms with Gasteiger partial charge in [0, 0.05) is 15.4 Å². The average molecular weight is 413 g/mol. The zero-order valence-corrected chi connectivity index (χ0v) is 15.0. The maximum Gasteiger partial charge on any atom is 0.309 e. The maximum atomic E-state index is 11.1. The fourth-order valence-corrected chi connectivity index (χ4v) is 3.25. The van der Waals surface area contributed by atoms with Crippen LogP contribution in [0.5, 0.6) is 0 Å². The second-order valence-corrected chi connectivity index (χ2v) is 6.54. The Balaban J connectivity index is 1.68. The van der Waals surface area contributed by atoms with Crippen LogP contribution in [0, 0.1) is 0 Å². The summed E-state index contributed by atoms with van der Waals surface area (Å²) in [7, 11) is 0. The van der Waals surface area contributed by atoms with Crippen molar-refractivity contribution < 1.29 is 14.4 Å². The van der Waals surface area contributed by atoms with Crippen LogP contribution in [-0.4, -0.2) is 31.0 Å². The molecule has 0 spiro atoms. The zero-order chi connectivity index (χ0) is 18.1. The Labute approximate surface area is 156 Å². The molecule has 26 heavy (non-hydrogen) atoms. The van der Waals surface area contributed by atoms with E-state index in [2.05, 4.69) is 31.2 Å². The molecule has 0 aliphatic heterocycles. The van der Waals surface area contributed by atoms with Gasteiger partial charge in [-0.15, -0.1) is 0 Å². The van der Waals surface area contributed by atoms with Gasteiger partial charge in [-0.3, -0.25) is 9.48 Å². The molecule has 0 saturated heterocycles. The Morgan fingerprint density at radius 1 is 1.15 bits per heavy atom. The molecule has 7 nitrogen and oxygen atoms in total. The van der Waals surface area contributed by atoms with Gasteiger partial charge in [-0.2, -0.15) is 10.1 Å². The first kappa shape index (κ1) is 16.5. The molecule has 0 unspecified atom stereocenters. The van der Waals surface area contributed by atoms with Gasteiger partial charge < -0.3 is 9.63 Å². The predicted octanol–water partition coefficient (Wildman–Crippen LogP) is 3.52. The van der Waals surface area contributed by atoms with Crippen molar-refractivity contribution in [3.05, 3.63) is 64.6 Å². The molecule has 0 atom stereocenters. The fourth-order valence-electron chi connectivity index (χ4n) is 2.79. The van der Waals surface area contributed by atoms with Crippen molar-refractivity contribution in [3.63, 3.8) is 0 Å². The lowest BCUT2D eigenvalue weighted by Crippen LogP contribution is -2.05. The molecule has 1 N–H and O–H groups in total. The molecule has 0 fully saturated rings. The smallest absolute Gasteiger partial charge is 0.309 e. The number of carboxylic acid groups (broad SMARTS) is 1. The van der Waals surface area contributed by atoms with Crippen LogP contribution in [0.3, 0.4) is 0 Å². The summed E-state index contributed by atoms with van der Waals surface area (Å²) >= 11 is 3.47. The van der Waals surface area contributed by atoms with E-state index in [-0.39, 0.29) is 13.0 Å². The highest BCUT2D eigenvalue weighted by molar-refractivity contribution is 9.10. The quantitative estimate of drug-likeness (QED) is 0.538. The van der Waals surface area contributed by atoms with Crippen LogP contribution in [-0.2, 0) is 17.8 Å². The summed E-state index contributed by atoms with van der Waals surface area (Å²) in [4.78, 5) is 15.5. The predicted molar refractivity (Wildman–Crippen MR) is 97.6 cm³/mol. The van der Waals surface area contributed by atoms with Crippen molar-refractivity contribution in [1.29, 1.82) is 0 Å². The molecule has 0 saturated carbocycles. The fraction of sp³-hybridized carbons (Fsp3) is 0.111. The van der Waals surface area contributed by atoms with Gasteiger partial charge >= 0.3 is 5.97 Å². The Hall–Kier alpha value is -3.00. The standard InChI is InChI=1S/C18H13BrN4O3/c19-13-7-3-1-5-11(13)18-20-16(26-22-18)10-23-15-8-4-2-6-12(15)14(21-23)9-17(24)25/h1-8H,9-10H2,(H,24,25). The molecule has 4 rings (SSSR count). The minimum Gasteiger partial charge on any atom is -0.481 e. The van der Waals surface area contributed by atoms with Crippen LogP contribution in [0.15, 0.2) is 57.5 Å². The van der Waals surface area contributed by atoms with Crippen molar-refractivity contribution in [2.45, 2.75) is 13.0 Å². The number of benzene rings is 2.